The number of esters is 1. The van der Waals surface area contributed by atoms with Crippen molar-refractivity contribution in [2.45, 2.75) is 123 Å². The van der Waals surface area contributed by atoms with Crippen LogP contribution in [0.4, 0.5) is 0 Å². The topological polar surface area (TPSA) is 265 Å². The van der Waals surface area contributed by atoms with Gasteiger partial charge in [0.1, 0.15) is 17.9 Å². The molecule has 0 bridgehead atoms. The first kappa shape index (κ1) is 71.0. The number of nitrogens with zero attached hydrogens (tertiary/aromatic N) is 3. The summed E-state index contributed by atoms with van der Waals surface area (Å²) in [7, 11) is 5.98. The highest BCUT2D eigenvalue weighted by molar-refractivity contribution is 6.12. The number of likely N-dealkylation sites (N-methyl/N-ethyl adjacent to an activating group) is 1. The smallest absolute Gasteiger partial charge is 0.328 e. The zero-order valence-corrected chi connectivity index (χ0v) is 50.6. The minimum atomic E-state index is -1.00. The Kier molecular flexibility index (Phi) is 33.4. The molecule has 8 atom stereocenters. The summed E-state index contributed by atoms with van der Waals surface area (Å²) in [5.41, 5.74) is -0.148. The monoisotopic (exact) mass is 1160 g/mol. The van der Waals surface area contributed by atoms with Crippen LogP contribution in [-0.2, 0) is 87.4 Å². The van der Waals surface area contributed by atoms with E-state index in [0.717, 1.165) is 10.5 Å². The van der Waals surface area contributed by atoms with E-state index >= 15 is 0 Å². The maximum Gasteiger partial charge on any atom is 0.328 e. The molecular formula is C59H96N6O17. The SMILES string of the molecule is CC[C@H](C)[C@@H]([C@@H](CC(=O)N1CCC[C@H]1[C@H](OC)[C@@H](C)C(=O)N[C@@H](Cc1ccccc1)C(=O)OC)OC)N(C)C(=O)[C@@H](NC(=O)C(C)(C)CNCC(=O)CCOCCOCCOCCOCCOCCOCCN1C(=O)C=CC1=O)C(C)C. The van der Waals surface area contributed by atoms with Gasteiger partial charge in [0.2, 0.25) is 23.6 Å². The molecule has 0 aliphatic carbocycles. The lowest BCUT2D eigenvalue weighted by molar-refractivity contribution is -0.149. The van der Waals surface area contributed by atoms with Crippen LogP contribution in [0.2, 0.25) is 0 Å². The second-order valence-electron chi connectivity index (χ2n) is 21.7. The van der Waals surface area contributed by atoms with Gasteiger partial charge in [0.15, 0.2) is 0 Å². The molecule has 0 spiro atoms. The van der Waals surface area contributed by atoms with Crippen LogP contribution >= 0.6 is 0 Å². The molecule has 2 aliphatic rings. The normalized spacial score (nSPS) is 17.1. The first-order chi connectivity index (χ1) is 39.2. The quantitative estimate of drug-likeness (QED) is 0.0482. The van der Waals surface area contributed by atoms with E-state index < -0.39 is 59.6 Å². The number of nitrogens with one attached hydrogen (secondary N) is 3. The summed E-state index contributed by atoms with van der Waals surface area (Å²) in [6.07, 6.45) is 3.37. The highest BCUT2D eigenvalue weighted by Crippen LogP contribution is 2.30. The van der Waals surface area contributed by atoms with E-state index in [1.807, 2.05) is 58.0 Å². The molecule has 3 rings (SSSR count). The number of imide groups is 1. The number of carbonyl (C=O) groups excluding carboxylic acids is 8. The molecule has 1 aromatic rings. The van der Waals surface area contributed by atoms with Crippen LogP contribution in [0.3, 0.4) is 0 Å². The highest BCUT2D eigenvalue weighted by atomic mass is 16.6. The number of hydrogen-bond acceptors (Lipinski definition) is 18. The molecule has 6 amide bonds. The van der Waals surface area contributed by atoms with E-state index in [-0.39, 0.29) is 99.3 Å². The summed E-state index contributed by atoms with van der Waals surface area (Å²) in [5.74, 6) is -3.80. The Morgan fingerprint density at radius 1 is 0.744 bits per heavy atom. The van der Waals surface area contributed by atoms with Crippen molar-refractivity contribution in [3.05, 3.63) is 48.0 Å². The lowest BCUT2D eigenvalue weighted by atomic mass is 9.88. The van der Waals surface area contributed by atoms with Crippen molar-refractivity contribution in [2.75, 3.05) is 134 Å². The molecule has 1 aromatic carbocycles. The molecule has 1 saturated heterocycles. The van der Waals surface area contributed by atoms with Crippen LogP contribution in [-0.4, -0.2) is 232 Å². The Hall–Kier alpha value is -5.24. The zero-order chi connectivity index (χ0) is 60.6. The maximum absolute atomic E-state index is 14.5. The van der Waals surface area contributed by atoms with Gasteiger partial charge in [-0.3, -0.25) is 38.5 Å². The molecule has 3 N–H and O–H groups in total. The van der Waals surface area contributed by atoms with Gasteiger partial charge in [0.25, 0.3) is 11.8 Å². The third-order valence-electron chi connectivity index (χ3n) is 14.8. The van der Waals surface area contributed by atoms with Crippen LogP contribution in [0.1, 0.15) is 86.1 Å². The first-order valence-corrected chi connectivity index (χ1v) is 28.8. The van der Waals surface area contributed by atoms with Gasteiger partial charge >= 0.3 is 5.97 Å². The van der Waals surface area contributed by atoms with E-state index in [1.54, 1.807) is 37.6 Å². The Morgan fingerprint density at radius 2 is 1.29 bits per heavy atom. The first-order valence-electron chi connectivity index (χ1n) is 28.8. The van der Waals surface area contributed by atoms with Gasteiger partial charge in [0.05, 0.1) is 142 Å². The van der Waals surface area contributed by atoms with Crippen molar-refractivity contribution in [2.24, 2.45) is 23.2 Å². The number of rotatable bonds is 44. The molecule has 82 heavy (non-hydrogen) atoms. The van der Waals surface area contributed by atoms with Crippen molar-refractivity contribution in [1.82, 2.24) is 30.7 Å². The van der Waals surface area contributed by atoms with Crippen LogP contribution in [0.25, 0.3) is 0 Å². The van der Waals surface area contributed by atoms with E-state index in [1.165, 1.54) is 33.5 Å². The molecule has 23 nitrogen and oxygen atoms in total. The molecule has 0 saturated carbocycles. The van der Waals surface area contributed by atoms with E-state index in [9.17, 15) is 38.4 Å². The molecule has 1 fully saturated rings. The predicted octanol–water partition coefficient (Wildman–Crippen LogP) is 2.55. The zero-order valence-electron chi connectivity index (χ0n) is 50.6. The van der Waals surface area contributed by atoms with Gasteiger partial charge in [0, 0.05) is 59.4 Å². The van der Waals surface area contributed by atoms with Crippen LogP contribution in [0.5, 0.6) is 0 Å². The summed E-state index contributed by atoms with van der Waals surface area (Å²) < 4.78 is 50.0. The number of Topliss-reactive ketones (excluding diaryl/α,β-unsaturated/α-hetero) is 1. The number of benzene rings is 1. The fourth-order valence-corrected chi connectivity index (χ4v) is 9.74. The minimum Gasteiger partial charge on any atom is -0.467 e. The van der Waals surface area contributed by atoms with Gasteiger partial charge in [-0.25, -0.2) is 4.79 Å². The number of carbonyl (C=O) groups is 8. The van der Waals surface area contributed by atoms with Gasteiger partial charge < -0.3 is 68.4 Å². The Labute approximate surface area is 485 Å². The lowest BCUT2D eigenvalue weighted by Gasteiger charge is -2.41. The van der Waals surface area contributed by atoms with Gasteiger partial charge in [-0.05, 0) is 44.1 Å². The Morgan fingerprint density at radius 3 is 1.80 bits per heavy atom. The van der Waals surface area contributed by atoms with Gasteiger partial charge in [-0.2, -0.15) is 0 Å². The second-order valence-corrected chi connectivity index (χ2v) is 21.7. The maximum atomic E-state index is 14.5. The van der Waals surface area contributed by atoms with Crippen molar-refractivity contribution < 1.29 is 81.0 Å². The van der Waals surface area contributed by atoms with Crippen LogP contribution in [0.15, 0.2) is 42.5 Å². The number of methoxy groups -OCH3 is 3. The van der Waals surface area contributed by atoms with Crippen molar-refractivity contribution >= 4 is 47.2 Å². The van der Waals surface area contributed by atoms with Gasteiger partial charge in [-0.1, -0.05) is 71.4 Å². The summed E-state index contributed by atoms with van der Waals surface area (Å²) >= 11 is 0. The van der Waals surface area contributed by atoms with E-state index in [4.69, 9.17) is 42.6 Å². The summed E-state index contributed by atoms with van der Waals surface area (Å²) in [6, 6.07) is 6.49. The van der Waals surface area contributed by atoms with Crippen molar-refractivity contribution in [1.29, 1.82) is 0 Å². The molecule has 464 valence electrons. The molecule has 2 aliphatic heterocycles. The standard InChI is InChI=1S/C59H96N6O17/c1-12-42(4)53(48(74-9)38-51(69)64-23-16-19-47(64)54(75-10)43(5)55(70)61-46(57(72)76-11)37-44-17-14-13-15-18-44)63(8)56(71)52(41(2)3)62-58(73)59(6,7)40-60-39-45(66)22-25-77-27-29-79-31-33-81-35-36-82-34-32-80-30-28-78-26-24-65-49(67)20-21-50(65)68/h13-15,17-18,20-21,41-43,46-48,52-54,60H,12,16,19,22-40H2,1-11H3,(H,61,70)(H,62,73)/t42-,43+,46-,47-,48+,52-,53-,54+/m0/s1. The fraction of sp³-hybridized carbons (Fsp3) is 0.729. The second kappa shape index (κ2) is 38.6. The minimum absolute atomic E-state index is 0.0288. The third kappa shape index (κ3) is 24.2. The predicted molar refractivity (Wildman–Crippen MR) is 304 cm³/mol. The average Bonchev–Trinajstić information content (AvgIpc) is 4.19. The molecule has 0 unspecified atom stereocenters. The average molecular weight is 1160 g/mol. The van der Waals surface area contributed by atoms with E-state index in [2.05, 4.69) is 16.0 Å². The number of amides is 6. The number of likely N-dealkylation sites (tertiary alicyclic amines) is 1. The summed E-state index contributed by atoms with van der Waals surface area (Å²) in [6.45, 7) is 17.9. The number of hydrogen-bond donors (Lipinski definition) is 3. The molecule has 23 heteroatoms. The van der Waals surface area contributed by atoms with Crippen molar-refractivity contribution in [3.63, 3.8) is 0 Å². The van der Waals surface area contributed by atoms with Gasteiger partial charge in [-0.15, -0.1) is 0 Å². The summed E-state index contributed by atoms with van der Waals surface area (Å²) in [4.78, 5) is 110. The Balaban J connectivity index is 1.37. The van der Waals surface area contributed by atoms with E-state index in [0.29, 0.717) is 91.9 Å². The van der Waals surface area contributed by atoms with Crippen LogP contribution in [0, 0.1) is 23.2 Å². The molecule has 0 aromatic heterocycles. The summed E-state index contributed by atoms with van der Waals surface area (Å²) in [5, 5.41) is 8.95. The Bertz CT molecular complexity index is 2130. The van der Waals surface area contributed by atoms with Crippen molar-refractivity contribution in [3.8, 4) is 0 Å². The third-order valence-corrected chi connectivity index (χ3v) is 14.8. The highest BCUT2D eigenvalue weighted by Gasteiger charge is 2.44. The largest absolute Gasteiger partial charge is 0.467 e. The number of ether oxygens (including phenoxy) is 9. The molecule has 2 heterocycles. The molecule has 0 radical (unpaired) electrons. The fourth-order valence-electron chi connectivity index (χ4n) is 9.74. The lowest BCUT2D eigenvalue weighted by Crippen LogP contribution is -2.59. The number of ketones is 1. The van der Waals surface area contributed by atoms with Crippen LogP contribution < -0.4 is 16.0 Å². The molecular weight excluding hydrogens is 1060 g/mol.